The molecule has 1 aliphatic carbocycles. The van der Waals surface area contributed by atoms with Crippen molar-refractivity contribution in [2.24, 2.45) is 5.92 Å². The van der Waals surface area contributed by atoms with E-state index in [1.807, 2.05) is 0 Å². The SMILES string of the molecule is O=[N+]([O-])c1cc(Cl)ccc1CNCC1CCCCC1O. The molecule has 2 N–H and O–H groups in total. The summed E-state index contributed by atoms with van der Waals surface area (Å²) >= 11 is 5.78. The van der Waals surface area contributed by atoms with Crippen LogP contribution in [0.4, 0.5) is 5.69 Å². The van der Waals surface area contributed by atoms with E-state index in [2.05, 4.69) is 5.32 Å². The largest absolute Gasteiger partial charge is 0.393 e. The summed E-state index contributed by atoms with van der Waals surface area (Å²) in [4.78, 5) is 10.6. The Balaban J connectivity index is 1.92. The van der Waals surface area contributed by atoms with Gasteiger partial charge >= 0.3 is 0 Å². The summed E-state index contributed by atoms with van der Waals surface area (Å²) in [6, 6.07) is 4.69. The number of hydrogen-bond acceptors (Lipinski definition) is 4. The second kappa shape index (κ2) is 7.02. The van der Waals surface area contributed by atoms with Crippen molar-refractivity contribution in [1.82, 2.24) is 5.32 Å². The highest BCUT2D eigenvalue weighted by Gasteiger charge is 2.22. The molecule has 6 heteroatoms. The van der Waals surface area contributed by atoms with Gasteiger partial charge in [0.15, 0.2) is 0 Å². The van der Waals surface area contributed by atoms with E-state index in [9.17, 15) is 15.2 Å². The number of aliphatic hydroxyl groups is 1. The molecule has 110 valence electrons. The van der Waals surface area contributed by atoms with Crippen molar-refractivity contribution < 1.29 is 10.0 Å². The summed E-state index contributed by atoms with van der Waals surface area (Å²) < 4.78 is 0. The smallest absolute Gasteiger partial charge is 0.275 e. The Morgan fingerprint density at radius 2 is 2.15 bits per heavy atom. The molecule has 5 nitrogen and oxygen atoms in total. The lowest BCUT2D eigenvalue weighted by Gasteiger charge is -2.27. The zero-order valence-electron chi connectivity index (χ0n) is 11.2. The van der Waals surface area contributed by atoms with E-state index < -0.39 is 4.92 Å². The molecule has 1 aromatic rings. The molecule has 2 atom stereocenters. The Labute approximate surface area is 123 Å². The van der Waals surface area contributed by atoms with Gasteiger partial charge in [-0.1, -0.05) is 24.4 Å². The number of nitro benzene ring substituents is 1. The normalized spacial score (nSPS) is 22.7. The monoisotopic (exact) mass is 298 g/mol. The average Bonchev–Trinajstić information content (AvgIpc) is 2.42. The van der Waals surface area contributed by atoms with Gasteiger partial charge in [-0.15, -0.1) is 0 Å². The van der Waals surface area contributed by atoms with Crippen LogP contribution >= 0.6 is 11.6 Å². The Kier molecular flexibility index (Phi) is 5.34. The van der Waals surface area contributed by atoms with Crippen LogP contribution in [-0.2, 0) is 6.54 Å². The van der Waals surface area contributed by atoms with E-state index in [4.69, 9.17) is 11.6 Å². The molecular weight excluding hydrogens is 280 g/mol. The number of hydrogen-bond donors (Lipinski definition) is 2. The lowest BCUT2D eigenvalue weighted by Crippen LogP contribution is -2.33. The van der Waals surface area contributed by atoms with Crippen LogP contribution in [0.2, 0.25) is 5.02 Å². The minimum atomic E-state index is -0.418. The maximum absolute atomic E-state index is 11.0. The third-order valence-corrected chi connectivity index (χ3v) is 4.07. The standard InChI is InChI=1S/C14H19ClN2O3/c15-12-6-5-10(13(7-12)17(19)20)8-16-9-11-3-1-2-4-14(11)18/h5-7,11,14,16,18H,1-4,8-9H2. The van der Waals surface area contributed by atoms with Crippen molar-refractivity contribution in [2.45, 2.75) is 38.3 Å². The molecule has 0 aromatic heterocycles. The fourth-order valence-electron chi connectivity index (χ4n) is 2.67. The third-order valence-electron chi connectivity index (χ3n) is 3.83. The second-order valence-corrected chi connectivity index (χ2v) is 5.71. The highest BCUT2D eigenvalue weighted by Crippen LogP contribution is 2.25. The molecular formula is C14H19ClN2O3. The lowest BCUT2D eigenvalue weighted by molar-refractivity contribution is -0.385. The molecule has 1 fully saturated rings. The van der Waals surface area contributed by atoms with Gasteiger partial charge in [-0.25, -0.2) is 0 Å². The zero-order chi connectivity index (χ0) is 14.5. The summed E-state index contributed by atoms with van der Waals surface area (Å²) in [5.41, 5.74) is 0.652. The van der Waals surface area contributed by atoms with Crippen LogP contribution in [0.25, 0.3) is 0 Å². The fraction of sp³-hybridized carbons (Fsp3) is 0.571. The van der Waals surface area contributed by atoms with Crippen molar-refractivity contribution >= 4 is 17.3 Å². The van der Waals surface area contributed by atoms with Gasteiger partial charge in [0.2, 0.25) is 0 Å². The van der Waals surface area contributed by atoms with Crippen molar-refractivity contribution in [1.29, 1.82) is 0 Å². The zero-order valence-corrected chi connectivity index (χ0v) is 12.0. The van der Waals surface area contributed by atoms with Gasteiger partial charge in [0, 0.05) is 29.7 Å². The Bertz CT molecular complexity index is 481. The molecule has 0 aliphatic heterocycles. The van der Waals surface area contributed by atoms with Crippen molar-refractivity contribution in [2.75, 3.05) is 6.54 Å². The van der Waals surface area contributed by atoms with E-state index >= 15 is 0 Å². The Morgan fingerprint density at radius 3 is 2.85 bits per heavy atom. The van der Waals surface area contributed by atoms with Crippen molar-refractivity contribution in [3.8, 4) is 0 Å². The summed E-state index contributed by atoms with van der Waals surface area (Å²) in [6.07, 6.45) is 3.84. The van der Waals surface area contributed by atoms with Gasteiger partial charge in [0.1, 0.15) is 0 Å². The van der Waals surface area contributed by atoms with E-state index in [0.717, 1.165) is 25.7 Å². The molecule has 2 unspecified atom stereocenters. The third kappa shape index (κ3) is 3.91. The van der Waals surface area contributed by atoms with Gasteiger partial charge in [-0.05, 0) is 30.9 Å². The number of benzene rings is 1. The van der Waals surface area contributed by atoms with Crippen LogP contribution in [0.15, 0.2) is 18.2 Å². The molecule has 0 amide bonds. The molecule has 1 saturated carbocycles. The van der Waals surface area contributed by atoms with Crippen LogP contribution < -0.4 is 5.32 Å². The minimum absolute atomic E-state index is 0.0363. The number of rotatable bonds is 5. The molecule has 0 heterocycles. The van der Waals surface area contributed by atoms with Gasteiger partial charge in [-0.3, -0.25) is 10.1 Å². The molecule has 20 heavy (non-hydrogen) atoms. The summed E-state index contributed by atoms with van der Waals surface area (Å²) in [6.45, 7) is 1.09. The topological polar surface area (TPSA) is 75.4 Å². The molecule has 1 aliphatic rings. The fourth-order valence-corrected chi connectivity index (χ4v) is 2.84. The molecule has 0 saturated heterocycles. The van der Waals surface area contributed by atoms with E-state index in [-0.39, 0.29) is 17.7 Å². The number of nitro groups is 1. The predicted octanol–water partition coefficient (Wildman–Crippen LogP) is 2.89. The molecule has 0 bridgehead atoms. The highest BCUT2D eigenvalue weighted by atomic mass is 35.5. The van der Waals surface area contributed by atoms with Crippen LogP contribution in [-0.4, -0.2) is 22.7 Å². The van der Waals surface area contributed by atoms with Gasteiger partial charge < -0.3 is 10.4 Å². The van der Waals surface area contributed by atoms with E-state index in [1.54, 1.807) is 12.1 Å². The summed E-state index contributed by atoms with van der Waals surface area (Å²) in [7, 11) is 0. The molecule has 0 radical (unpaired) electrons. The summed E-state index contributed by atoms with van der Waals surface area (Å²) in [5, 5.41) is 24.4. The molecule has 0 spiro atoms. The summed E-state index contributed by atoms with van der Waals surface area (Å²) in [5.74, 6) is 0.245. The van der Waals surface area contributed by atoms with Gasteiger partial charge in [-0.2, -0.15) is 0 Å². The molecule has 2 rings (SSSR count). The van der Waals surface area contributed by atoms with Gasteiger partial charge in [0.25, 0.3) is 5.69 Å². The average molecular weight is 299 g/mol. The maximum atomic E-state index is 11.0. The lowest BCUT2D eigenvalue weighted by atomic mass is 9.86. The first-order valence-electron chi connectivity index (χ1n) is 6.89. The predicted molar refractivity (Wildman–Crippen MR) is 77.8 cm³/mol. The van der Waals surface area contributed by atoms with Crippen molar-refractivity contribution in [3.05, 3.63) is 38.9 Å². The first kappa shape index (κ1) is 15.2. The Morgan fingerprint density at radius 1 is 1.40 bits per heavy atom. The maximum Gasteiger partial charge on any atom is 0.275 e. The molecule has 1 aromatic carbocycles. The van der Waals surface area contributed by atoms with Crippen LogP contribution in [0, 0.1) is 16.0 Å². The van der Waals surface area contributed by atoms with Gasteiger partial charge in [0.05, 0.1) is 11.0 Å². The number of halogens is 1. The Hall–Kier alpha value is -1.17. The number of aliphatic hydroxyl groups excluding tert-OH is 1. The quantitative estimate of drug-likeness (QED) is 0.647. The highest BCUT2D eigenvalue weighted by molar-refractivity contribution is 6.30. The number of nitrogens with zero attached hydrogens (tertiary/aromatic N) is 1. The van der Waals surface area contributed by atoms with Crippen LogP contribution in [0.1, 0.15) is 31.2 Å². The van der Waals surface area contributed by atoms with Crippen LogP contribution in [0.3, 0.4) is 0 Å². The van der Waals surface area contributed by atoms with Crippen LogP contribution in [0.5, 0.6) is 0 Å². The van der Waals surface area contributed by atoms with Crippen molar-refractivity contribution in [3.63, 3.8) is 0 Å². The number of nitrogens with one attached hydrogen (secondary N) is 1. The minimum Gasteiger partial charge on any atom is -0.393 e. The van der Waals surface area contributed by atoms with E-state index in [1.165, 1.54) is 6.07 Å². The first-order valence-corrected chi connectivity index (χ1v) is 7.27. The first-order chi connectivity index (χ1) is 9.58. The second-order valence-electron chi connectivity index (χ2n) is 5.27. The van der Waals surface area contributed by atoms with E-state index in [0.29, 0.717) is 23.7 Å².